The summed E-state index contributed by atoms with van der Waals surface area (Å²) in [4.78, 5) is 34.6. The molecule has 0 radical (unpaired) electrons. The van der Waals surface area contributed by atoms with Crippen LogP contribution >= 0.6 is 0 Å². The van der Waals surface area contributed by atoms with Crippen molar-refractivity contribution in [1.82, 2.24) is 20.1 Å². The Morgan fingerprint density at radius 2 is 2.03 bits per heavy atom. The van der Waals surface area contributed by atoms with Crippen LogP contribution in [0.1, 0.15) is 43.6 Å². The van der Waals surface area contributed by atoms with Gasteiger partial charge in [-0.3, -0.25) is 9.59 Å². The van der Waals surface area contributed by atoms with Crippen LogP contribution in [0.4, 0.5) is 0 Å². The van der Waals surface area contributed by atoms with Crippen LogP contribution in [-0.2, 0) is 16.0 Å². The third-order valence-corrected chi connectivity index (χ3v) is 7.19. The molecule has 8 heteroatoms. The molecule has 0 aliphatic carbocycles. The number of carbonyl (C=O) groups excluding carboxylic acids is 2. The number of aromatic nitrogens is 1. The maximum absolute atomic E-state index is 14.0. The largest absolute Gasteiger partial charge is 0.508 e. The van der Waals surface area contributed by atoms with Crippen molar-refractivity contribution in [3.8, 4) is 11.5 Å². The van der Waals surface area contributed by atoms with E-state index in [1.165, 1.54) is 0 Å². The highest BCUT2D eigenvalue weighted by molar-refractivity contribution is 6.00. The summed E-state index contributed by atoms with van der Waals surface area (Å²) < 4.78 is 5.47. The van der Waals surface area contributed by atoms with Crippen molar-refractivity contribution in [1.29, 1.82) is 0 Å². The standard InChI is InChI=1S/C27H32N4O4/c1-16(2)28-10-11-30-15-23(33)31-25(17-6-5-7-18(32)12-17)24-21(14-27(31,3)26(30)34)20-13-19(35-4)8-9-22(20)29-24/h5-9,12-13,16,25,28-29,32H,10-11,14-15H2,1-4H3. The fourth-order valence-corrected chi connectivity index (χ4v) is 5.57. The molecule has 3 heterocycles. The van der Waals surface area contributed by atoms with Gasteiger partial charge in [-0.2, -0.15) is 0 Å². The van der Waals surface area contributed by atoms with Gasteiger partial charge in [0, 0.05) is 42.1 Å². The Labute approximate surface area is 204 Å². The molecule has 5 rings (SSSR count). The molecular formula is C27H32N4O4. The number of hydrogen-bond acceptors (Lipinski definition) is 5. The normalized spacial score (nSPS) is 22.0. The van der Waals surface area contributed by atoms with Crippen LogP contribution in [-0.4, -0.2) is 70.0 Å². The molecule has 184 valence electrons. The summed E-state index contributed by atoms with van der Waals surface area (Å²) >= 11 is 0. The fourth-order valence-electron chi connectivity index (χ4n) is 5.57. The zero-order valence-electron chi connectivity index (χ0n) is 20.6. The molecule has 2 aromatic carbocycles. The molecule has 0 saturated carbocycles. The summed E-state index contributed by atoms with van der Waals surface area (Å²) in [7, 11) is 1.63. The predicted molar refractivity (Wildman–Crippen MR) is 133 cm³/mol. The Hall–Kier alpha value is -3.52. The average molecular weight is 477 g/mol. The predicted octanol–water partition coefficient (Wildman–Crippen LogP) is 2.96. The van der Waals surface area contributed by atoms with Gasteiger partial charge >= 0.3 is 0 Å². The zero-order chi connectivity index (χ0) is 24.9. The van der Waals surface area contributed by atoms with Gasteiger partial charge in [0.05, 0.1) is 19.7 Å². The lowest BCUT2D eigenvalue weighted by molar-refractivity contribution is -0.167. The van der Waals surface area contributed by atoms with Gasteiger partial charge in [0.1, 0.15) is 17.0 Å². The second kappa shape index (κ2) is 8.61. The number of H-pyrrole nitrogens is 1. The second-order valence-corrected chi connectivity index (χ2v) is 9.98. The summed E-state index contributed by atoms with van der Waals surface area (Å²) in [5.41, 5.74) is 2.48. The maximum Gasteiger partial charge on any atom is 0.249 e. The van der Waals surface area contributed by atoms with Crippen molar-refractivity contribution in [2.75, 3.05) is 26.7 Å². The van der Waals surface area contributed by atoms with E-state index in [-0.39, 0.29) is 24.1 Å². The Bertz CT molecular complexity index is 1300. The van der Waals surface area contributed by atoms with E-state index in [0.29, 0.717) is 25.6 Å². The number of methoxy groups -OCH3 is 1. The SMILES string of the molecule is COc1ccc2[nH]c3c(c2c1)CC1(C)C(=O)N(CCNC(C)C)CC(=O)N1C3c1cccc(O)c1. The van der Waals surface area contributed by atoms with Gasteiger partial charge in [0.25, 0.3) is 0 Å². The highest BCUT2D eigenvalue weighted by Crippen LogP contribution is 2.47. The van der Waals surface area contributed by atoms with Gasteiger partial charge in [0.15, 0.2) is 0 Å². The number of phenols is 1. The molecule has 3 N–H and O–H groups in total. The number of amides is 2. The van der Waals surface area contributed by atoms with Crippen molar-refractivity contribution >= 4 is 22.7 Å². The summed E-state index contributed by atoms with van der Waals surface area (Å²) in [6.45, 7) is 7.11. The number of nitrogens with one attached hydrogen (secondary N) is 2. The maximum atomic E-state index is 14.0. The van der Waals surface area contributed by atoms with Crippen LogP contribution in [0.2, 0.25) is 0 Å². The van der Waals surface area contributed by atoms with Gasteiger partial charge in [-0.1, -0.05) is 26.0 Å². The first-order chi connectivity index (χ1) is 16.7. The van der Waals surface area contributed by atoms with Crippen molar-refractivity contribution in [3.63, 3.8) is 0 Å². The highest BCUT2D eigenvalue weighted by atomic mass is 16.5. The molecule has 2 amide bonds. The van der Waals surface area contributed by atoms with E-state index in [2.05, 4.69) is 24.1 Å². The topological polar surface area (TPSA) is 97.9 Å². The number of rotatable bonds is 6. The average Bonchev–Trinajstić information content (AvgIpc) is 3.17. The number of aromatic amines is 1. The molecule has 8 nitrogen and oxygen atoms in total. The number of hydrogen-bond donors (Lipinski definition) is 3. The van der Waals surface area contributed by atoms with E-state index in [1.54, 1.807) is 35.1 Å². The van der Waals surface area contributed by atoms with Crippen molar-refractivity contribution < 1.29 is 19.4 Å². The molecule has 1 fully saturated rings. The minimum Gasteiger partial charge on any atom is -0.508 e. The van der Waals surface area contributed by atoms with Gasteiger partial charge in [-0.05, 0) is 48.4 Å². The third kappa shape index (κ3) is 3.82. The van der Waals surface area contributed by atoms with E-state index >= 15 is 0 Å². The molecule has 1 aromatic heterocycles. The highest BCUT2D eigenvalue weighted by Gasteiger charge is 2.55. The van der Waals surface area contributed by atoms with Crippen LogP contribution < -0.4 is 10.1 Å². The lowest BCUT2D eigenvalue weighted by Gasteiger charge is -2.53. The molecule has 2 atom stereocenters. The minimum absolute atomic E-state index is 0.0346. The Morgan fingerprint density at radius 3 is 2.74 bits per heavy atom. The molecule has 0 spiro atoms. The van der Waals surface area contributed by atoms with Crippen LogP contribution in [0.25, 0.3) is 10.9 Å². The van der Waals surface area contributed by atoms with E-state index in [9.17, 15) is 14.7 Å². The van der Waals surface area contributed by atoms with E-state index < -0.39 is 11.6 Å². The zero-order valence-corrected chi connectivity index (χ0v) is 20.6. The van der Waals surface area contributed by atoms with Crippen molar-refractivity contribution in [2.45, 2.75) is 44.8 Å². The number of phenolic OH excluding ortho intramolecular Hbond substituents is 1. The Balaban J connectivity index is 1.66. The van der Waals surface area contributed by atoms with E-state index in [4.69, 9.17) is 4.74 Å². The number of ether oxygens (including phenoxy) is 1. The van der Waals surface area contributed by atoms with Crippen molar-refractivity contribution in [3.05, 3.63) is 59.3 Å². The lowest BCUT2D eigenvalue weighted by atomic mass is 9.78. The lowest BCUT2D eigenvalue weighted by Crippen LogP contribution is -2.70. The molecule has 1 saturated heterocycles. The Kier molecular flexibility index (Phi) is 5.71. The second-order valence-electron chi connectivity index (χ2n) is 9.98. The van der Waals surface area contributed by atoms with E-state index in [1.807, 2.05) is 31.2 Å². The number of fused-ring (bicyclic) bond motifs is 4. The van der Waals surface area contributed by atoms with E-state index in [0.717, 1.165) is 33.5 Å². The van der Waals surface area contributed by atoms with Gasteiger partial charge < -0.3 is 29.9 Å². The van der Waals surface area contributed by atoms with Crippen LogP contribution in [0.5, 0.6) is 11.5 Å². The molecule has 2 aliphatic heterocycles. The summed E-state index contributed by atoms with van der Waals surface area (Å²) in [5.74, 6) is 0.682. The first-order valence-electron chi connectivity index (χ1n) is 12.1. The quantitative estimate of drug-likeness (QED) is 0.508. The smallest absolute Gasteiger partial charge is 0.249 e. The number of nitrogens with zero attached hydrogens (tertiary/aromatic N) is 2. The first-order valence-corrected chi connectivity index (χ1v) is 12.1. The van der Waals surface area contributed by atoms with Crippen molar-refractivity contribution in [2.24, 2.45) is 0 Å². The molecular weight excluding hydrogens is 444 g/mol. The molecule has 0 bridgehead atoms. The van der Waals surface area contributed by atoms with Crippen LogP contribution in [0.3, 0.4) is 0 Å². The summed E-state index contributed by atoms with van der Waals surface area (Å²) in [6, 6.07) is 12.5. The fraction of sp³-hybridized carbons (Fsp3) is 0.407. The number of benzene rings is 2. The molecule has 2 aliphatic rings. The molecule has 35 heavy (non-hydrogen) atoms. The monoisotopic (exact) mass is 476 g/mol. The molecule has 3 aromatic rings. The third-order valence-electron chi connectivity index (χ3n) is 7.19. The van der Waals surface area contributed by atoms with Crippen LogP contribution in [0, 0.1) is 0 Å². The summed E-state index contributed by atoms with van der Waals surface area (Å²) in [5, 5.41) is 14.6. The van der Waals surface area contributed by atoms with Gasteiger partial charge in [0.2, 0.25) is 11.8 Å². The van der Waals surface area contributed by atoms with Gasteiger partial charge in [-0.15, -0.1) is 0 Å². The van der Waals surface area contributed by atoms with Crippen LogP contribution in [0.15, 0.2) is 42.5 Å². The first kappa shape index (κ1) is 23.2. The Morgan fingerprint density at radius 1 is 1.23 bits per heavy atom. The number of carbonyl (C=O) groups is 2. The van der Waals surface area contributed by atoms with Gasteiger partial charge in [-0.25, -0.2) is 0 Å². The molecule has 2 unspecified atom stereocenters. The number of piperazine rings is 1. The minimum atomic E-state index is -1.06. The summed E-state index contributed by atoms with van der Waals surface area (Å²) in [6.07, 6.45) is 0.392. The number of aromatic hydroxyl groups is 1.